The van der Waals surface area contributed by atoms with Gasteiger partial charge in [0.1, 0.15) is 0 Å². The first kappa shape index (κ1) is 10.7. The molecule has 0 aliphatic carbocycles. The number of nitriles is 1. The van der Waals surface area contributed by atoms with Crippen LogP contribution in [0.4, 0.5) is 0 Å². The topological polar surface area (TPSA) is 33.0 Å². The van der Waals surface area contributed by atoms with E-state index in [2.05, 4.69) is 37.3 Å². The second kappa shape index (κ2) is 5.41. The maximum atomic E-state index is 8.50. The molecule has 14 heavy (non-hydrogen) atoms. The van der Waals surface area contributed by atoms with Crippen molar-refractivity contribution in [2.45, 2.75) is 25.9 Å². The Balaban J connectivity index is 2.69. The maximum absolute atomic E-state index is 8.50. The molecular weight excluding hydrogens is 174 g/mol. The first-order valence-electron chi connectivity index (χ1n) is 4.74. The predicted octanol–water partition coefficient (Wildman–Crippen LogP) is 2.99. The first-order chi connectivity index (χ1) is 6.77. The Labute approximate surface area is 85.1 Å². The van der Waals surface area contributed by atoms with Crippen LogP contribution >= 0.6 is 0 Å². The lowest BCUT2D eigenvalue weighted by Crippen LogP contribution is -2.00. The molecule has 0 fully saturated rings. The van der Waals surface area contributed by atoms with E-state index in [-0.39, 0.29) is 6.10 Å². The minimum atomic E-state index is 0.0512. The third kappa shape index (κ3) is 2.86. The van der Waals surface area contributed by atoms with Gasteiger partial charge in [-0.2, -0.15) is 5.26 Å². The van der Waals surface area contributed by atoms with E-state index in [9.17, 15) is 0 Å². The van der Waals surface area contributed by atoms with E-state index in [0.717, 1.165) is 12.0 Å². The number of hydrogen-bond donors (Lipinski definition) is 0. The first-order valence-corrected chi connectivity index (χ1v) is 4.74. The van der Waals surface area contributed by atoms with Gasteiger partial charge in [0.05, 0.1) is 12.2 Å². The smallest absolute Gasteiger partial charge is 0.0831 e. The zero-order chi connectivity index (χ0) is 10.4. The summed E-state index contributed by atoms with van der Waals surface area (Å²) in [5.41, 5.74) is 2.39. The highest BCUT2D eigenvalue weighted by Gasteiger charge is 2.08. The van der Waals surface area contributed by atoms with E-state index in [0.29, 0.717) is 6.42 Å². The molecule has 0 unspecified atom stereocenters. The van der Waals surface area contributed by atoms with Gasteiger partial charge in [-0.3, -0.25) is 0 Å². The van der Waals surface area contributed by atoms with Crippen molar-refractivity contribution >= 4 is 0 Å². The maximum Gasteiger partial charge on any atom is 0.0831 e. The fraction of sp³-hybridized carbons (Fsp3) is 0.417. The standard InChI is InChI=1S/C12H15NO/c1-10-5-7-11(8-6-10)12(14-2)4-3-9-13/h5-8,12H,3-4H2,1-2H3/t12-/m1/s1. The molecular formula is C12H15NO. The normalized spacial score (nSPS) is 12.1. The molecule has 1 aromatic rings. The average molecular weight is 189 g/mol. The third-order valence-electron chi connectivity index (χ3n) is 2.25. The summed E-state index contributed by atoms with van der Waals surface area (Å²) in [6, 6.07) is 10.4. The van der Waals surface area contributed by atoms with Crippen LogP contribution in [0.15, 0.2) is 24.3 Å². The summed E-state index contributed by atoms with van der Waals surface area (Å²) < 4.78 is 5.33. The van der Waals surface area contributed by atoms with Gasteiger partial charge in [-0.15, -0.1) is 0 Å². The highest BCUT2D eigenvalue weighted by atomic mass is 16.5. The van der Waals surface area contributed by atoms with Crippen LogP contribution in [0.1, 0.15) is 30.1 Å². The number of aryl methyl sites for hydroxylation is 1. The number of benzene rings is 1. The van der Waals surface area contributed by atoms with Crippen molar-refractivity contribution in [2.75, 3.05) is 7.11 Å². The zero-order valence-electron chi connectivity index (χ0n) is 8.66. The molecule has 0 spiro atoms. The molecule has 0 aliphatic heterocycles. The fourth-order valence-electron chi connectivity index (χ4n) is 1.40. The van der Waals surface area contributed by atoms with E-state index in [1.54, 1.807) is 7.11 Å². The largest absolute Gasteiger partial charge is 0.377 e. The fourth-order valence-corrected chi connectivity index (χ4v) is 1.40. The number of hydrogen-bond acceptors (Lipinski definition) is 2. The second-order valence-electron chi connectivity index (χ2n) is 3.33. The Morgan fingerprint density at radius 1 is 1.36 bits per heavy atom. The SMILES string of the molecule is CO[C@H](CCC#N)c1ccc(C)cc1. The van der Waals surface area contributed by atoms with Gasteiger partial charge in [0, 0.05) is 13.5 Å². The molecule has 74 valence electrons. The summed E-state index contributed by atoms with van der Waals surface area (Å²) in [6.45, 7) is 2.06. The minimum absolute atomic E-state index is 0.0512. The van der Waals surface area contributed by atoms with Gasteiger partial charge in [0.25, 0.3) is 0 Å². The Morgan fingerprint density at radius 2 is 2.00 bits per heavy atom. The molecule has 0 aliphatic rings. The van der Waals surface area contributed by atoms with E-state index in [1.807, 2.05) is 0 Å². The number of methoxy groups -OCH3 is 1. The highest BCUT2D eigenvalue weighted by molar-refractivity contribution is 5.23. The van der Waals surface area contributed by atoms with Crippen LogP contribution < -0.4 is 0 Å². The Morgan fingerprint density at radius 3 is 2.50 bits per heavy atom. The molecule has 0 heterocycles. The van der Waals surface area contributed by atoms with E-state index in [1.165, 1.54) is 5.56 Å². The summed E-state index contributed by atoms with van der Waals surface area (Å²) in [5, 5.41) is 8.50. The van der Waals surface area contributed by atoms with Crippen molar-refractivity contribution in [3.63, 3.8) is 0 Å². The van der Waals surface area contributed by atoms with Gasteiger partial charge in [0.15, 0.2) is 0 Å². The number of nitrogens with zero attached hydrogens (tertiary/aromatic N) is 1. The van der Waals surface area contributed by atoms with Gasteiger partial charge < -0.3 is 4.74 Å². The molecule has 1 atom stereocenters. The van der Waals surface area contributed by atoms with Gasteiger partial charge in [-0.25, -0.2) is 0 Å². The van der Waals surface area contributed by atoms with Crippen LogP contribution in [-0.2, 0) is 4.74 Å². The third-order valence-corrected chi connectivity index (χ3v) is 2.25. The molecule has 1 rings (SSSR count). The highest BCUT2D eigenvalue weighted by Crippen LogP contribution is 2.21. The zero-order valence-corrected chi connectivity index (χ0v) is 8.66. The Hall–Kier alpha value is -1.33. The lowest BCUT2D eigenvalue weighted by atomic mass is 10.0. The Kier molecular flexibility index (Phi) is 4.15. The van der Waals surface area contributed by atoms with E-state index in [4.69, 9.17) is 10.00 Å². The summed E-state index contributed by atoms with van der Waals surface area (Å²) in [6.07, 6.45) is 1.35. The molecule has 2 nitrogen and oxygen atoms in total. The molecule has 0 saturated carbocycles. The monoisotopic (exact) mass is 189 g/mol. The van der Waals surface area contributed by atoms with Crippen molar-refractivity contribution in [3.05, 3.63) is 35.4 Å². The van der Waals surface area contributed by atoms with Crippen LogP contribution in [0.2, 0.25) is 0 Å². The van der Waals surface area contributed by atoms with Crippen LogP contribution in [0.5, 0.6) is 0 Å². The predicted molar refractivity (Wildman–Crippen MR) is 55.8 cm³/mol. The van der Waals surface area contributed by atoms with Crippen molar-refractivity contribution in [1.29, 1.82) is 5.26 Å². The average Bonchev–Trinajstić information content (AvgIpc) is 2.21. The van der Waals surface area contributed by atoms with Crippen LogP contribution in [-0.4, -0.2) is 7.11 Å². The van der Waals surface area contributed by atoms with Crippen molar-refractivity contribution in [2.24, 2.45) is 0 Å². The molecule has 0 saturated heterocycles. The summed E-state index contributed by atoms with van der Waals surface area (Å²) in [4.78, 5) is 0. The lowest BCUT2D eigenvalue weighted by Gasteiger charge is -2.14. The summed E-state index contributed by atoms with van der Waals surface area (Å²) >= 11 is 0. The van der Waals surface area contributed by atoms with Crippen LogP contribution in [0, 0.1) is 18.3 Å². The second-order valence-corrected chi connectivity index (χ2v) is 3.33. The number of rotatable bonds is 4. The van der Waals surface area contributed by atoms with E-state index < -0.39 is 0 Å². The summed E-state index contributed by atoms with van der Waals surface area (Å²) in [7, 11) is 1.68. The molecule has 2 heteroatoms. The molecule has 1 aromatic carbocycles. The van der Waals surface area contributed by atoms with Gasteiger partial charge in [-0.1, -0.05) is 29.8 Å². The van der Waals surface area contributed by atoms with Gasteiger partial charge in [0.2, 0.25) is 0 Å². The summed E-state index contributed by atoms with van der Waals surface area (Å²) in [5.74, 6) is 0. The van der Waals surface area contributed by atoms with Gasteiger partial charge >= 0.3 is 0 Å². The molecule has 0 radical (unpaired) electrons. The minimum Gasteiger partial charge on any atom is -0.377 e. The Bertz CT molecular complexity index is 310. The van der Waals surface area contributed by atoms with Crippen LogP contribution in [0.25, 0.3) is 0 Å². The molecule has 0 aromatic heterocycles. The molecule has 0 amide bonds. The molecule has 0 N–H and O–H groups in total. The van der Waals surface area contributed by atoms with E-state index >= 15 is 0 Å². The molecule has 0 bridgehead atoms. The van der Waals surface area contributed by atoms with Crippen LogP contribution in [0.3, 0.4) is 0 Å². The van der Waals surface area contributed by atoms with Crippen molar-refractivity contribution in [3.8, 4) is 6.07 Å². The number of ether oxygens (including phenoxy) is 1. The van der Waals surface area contributed by atoms with Crippen molar-refractivity contribution in [1.82, 2.24) is 0 Å². The lowest BCUT2D eigenvalue weighted by molar-refractivity contribution is 0.0969. The quantitative estimate of drug-likeness (QED) is 0.729. The van der Waals surface area contributed by atoms with Crippen molar-refractivity contribution < 1.29 is 4.74 Å². The van der Waals surface area contributed by atoms with Gasteiger partial charge in [-0.05, 0) is 18.9 Å².